The zero-order valence-corrected chi connectivity index (χ0v) is 30.1. The van der Waals surface area contributed by atoms with Gasteiger partial charge in [-0.25, -0.2) is 9.59 Å². The number of hydrogen-bond acceptors (Lipinski definition) is 8. The number of aliphatic hydroxyl groups is 1. The minimum Gasteiger partial charge on any atom is -0.497 e. The monoisotopic (exact) mass is 712 g/mol. The first kappa shape index (κ1) is 39.5. The fourth-order valence-electron chi connectivity index (χ4n) is 4.16. The summed E-state index contributed by atoms with van der Waals surface area (Å²) < 4.78 is 29.2. The molecule has 9 nitrogen and oxygen atoms in total. The van der Waals surface area contributed by atoms with Gasteiger partial charge in [-0.3, -0.25) is 0 Å². The molecule has 3 aromatic rings. The summed E-state index contributed by atoms with van der Waals surface area (Å²) >= 11 is 3.18. The first-order valence-electron chi connectivity index (χ1n) is 15.2. The maximum absolute atomic E-state index is 12.4. The molecule has 1 saturated heterocycles. The number of halogens is 1. The van der Waals surface area contributed by atoms with Gasteiger partial charge in [-0.2, -0.15) is 0 Å². The van der Waals surface area contributed by atoms with E-state index in [1.165, 1.54) is 19.2 Å². The van der Waals surface area contributed by atoms with Crippen LogP contribution in [0.5, 0.6) is 11.5 Å². The number of ether oxygens (including phenoxy) is 3. The number of carboxylic acids is 1. The fourth-order valence-corrected chi connectivity index (χ4v) is 4.16. The number of benzene rings is 3. The highest BCUT2D eigenvalue weighted by atomic mass is 79.9. The Morgan fingerprint density at radius 2 is 1.45 bits per heavy atom. The first-order valence-corrected chi connectivity index (χ1v) is 16.0. The lowest BCUT2D eigenvalue weighted by Gasteiger charge is -2.32. The van der Waals surface area contributed by atoms with E-state index in [1.807, 2.05) is 65.0 Å². The predicted octanol–water partition coefficient (Wildman–Crippen LogP) is 7.15. The molecule has 47 heavy (non-hydrogen) atoms. The third-order valence-corrected chi connectivity index (χ3v) is 8.42. The molecule has 0 bridgehead atoms. The second kappa shape index (κ2) is 18.1. The maximum atomic E-state index is 12.4. The summed E-state index contributed by atoms with van der Waals surface area (Å²) in [4.78, 5) is 23.1. The van der Waals surface area contributed by atoms with Crippen molar-refractivity contribution >= 4 is 40.4 Å². The molecule has 0 saturated carbocycles. The zero-order chi connectivity index (χ0) is 35.4. The lowest BCUT2D eigenvalue weighted by atomic mass is 9.78. The molecule has 1 heterocycles. The van der Waals surface area contributed by atoms with E-state index in [2.05, 4.69) is 29.4 Å². The third kappa shape index (κ3) is 11.2. The van der Waals surface area contributed by atoms with Gasteiger partial charge >= 0.3 is 19.1 Å². The largest absolute Gasteiger partial charge is 0.498 e. The lowest BCUT2D eigenvalue weighted by molar-refractivity contribution is 0.00578. The number of esters is 1. The van der Waals surface area contributed by atoms with Gasteiger partial charge in [0.2, 0.25) is 0 Å². The van der Waals surface area contributed by atoms with Crippen LogP contribution in [0.15, 0.2) is 77.8 Å². The molecule has 11 heteroatoms. The Bertz CT molecular complexity index is 1480. The second-order valence-corrected chi connectivity index (χ2v) is 12.9. The average Bonchev–Trinajstić information content (AvgIpc) is 3.29. The Labute approximate surface area is 287 Å². The molecule has 1 atom stereocenters. The number of rotatable bonds is 10. The molecule has 3 aromatic carbocycles. The minimum absolute atomic E-state index is 0.00276. The van der Waals surface area contributed by atoms with E-state index >= 15 is 0 Å². The van der Waals surface area contributed by atoms with Crippen molar-refractivity contribution in [1.29, 1.82) is 0 Å². The Balaban J connectivity index is 0.000000322. The number of methoxy groups -OCH3 is 2. The van der Waals surface area contributed by atoms with Crippen molar-refractivity contribution in [2.45, 2.75) is 71.7 Å². The van der Waals surface area contributed by atoms with E-state index in [4.69, 9.17) is 33.7 Å². The fraction of sp³-hybridized carbons (Fsp3) is 0.389. The van der Waals surface area contributed by atoms with Gasteiger partial charge in [0, 0.05) is 18.0 Å². The van der Waals surface area contributed by atoms with E-state index < -0.39 is 30.3 Å². The number of carbonyl (C=O) groups excluding carboxylic acids is 1. The lowest BCUT2D eigenvalue weighted by Crippen LogP contribution is -2.41. The molecule has 0 spiro atoms. The summed E-state index contributed by atoms with van der Waals surface area (Å²) in [5.41, 5.74) is 2.20. The van der Waals surface area contributed by atoms with Gasteiger partial charge in [0.1, 0.15) is 18.1 Å². The van der Waals surface area contributed by atoms with Crippen LogP contribution in [0.25, 0.3) is 0 Å². The SMILES string of the molecule is C=C(Br)CC.COc1cc(C(=O)O)ccc1C(C)CO.COc1cc(C(=O)OCc2ccccc2)ccc1B1OC(C)(C)C(C)(C)O1. The Morgan fingerprint density at radius 1 is 0.915 bits per heavy atom. The zero-order valence-electron chi connectivity index (χ0n) is 28.5. The van der Waals surface area contributed by atoms with E-state index in [0.717, 1.165) is 27.5 Å². The van der Waals surface area contributed by atoms with Crippen molar-refractivity contribution in [3.05, 3.63) is 100 Å². The molecule has 1 aliphatic heterocycles. The molecule has 1 fully saturated rings. The third-order valence-electron chi connectivity index (χ3n) is 7.86. The van der Waals surface area contributed by atoms with Gasteiger partial charge in [-0.1, -0.05) is 78.8 Å². The first-order chi connectivity index (χ1) is 22.1. The van der Waals surface area contributed by atoms with E-state index in [0.29, 0.717) is 17.1 Å². The summed E-state index contributed by atoms with van der Waals surface area (Å²) in [5.74, 6) is -0.434. The Morgan fingerprint density at radius 3 is 1.94 bits per heavy atom. The second-order valence-electron chi connectivity index (χ2n) is 11.8. The maximum Gasteiger partial charge on any atom is 0.498 e. The highest BCUT2D eigenvalue weighted by Crippen LogP contribution is 2.37. The molecule has 0 aromatic heterocycles. The van der Waals surface area contributed by atoms with E-state index in [9.17, 15) is 9.59 Å². The average molecular weight is 713 g/mol. The number of aliphatic hydroxyl groups excluding tert-OH is 1. The van der Waals surface area contributed by atoms with Gasteiger partial charge in [-0.05, 0) is 74.0 Å². The van der Waals surface area contributed by atoms with E-state index in [-0.39, 0.29) is 24.7 Å². The van der Waals surface area contributed by atoms with Crippen molar-refractivity contribution in [2.75, 3.05) is 20.8 Å². The summed E-state index contributed by atoms with van der Waals surface area (Å²) in [6, 6.07) is 19.4. The molecule has 4 rings (SSSR count). The molecule has 2 N–H and O–H groups in total. The van der Waals surface area contributed by atoms with Crippen molar-refractivity contribution in [3.8, 4) is 11.5 Å². The molecular formula is C36H46BBrO9. The van der Waals surface area contributed by atoms with Crippen molar-refractivity contribution < 1.29 is 43.3 Å². The minimum atomic E-state index is -0.989. The summed E-state index contributed by atoms with van der Waals surface area (Å²) in [6.07, 6.45) is 1.03. The van der Waals surface area contributed by atoms with Crippen LogP contribution in [-0.2, 0) is 20.7 Å². The standard InChI is InChI=1S/C21H25BO5.C11H14O4.C4H7Br/c1-20(2)21(3,4)27-22(26-20)17-12-11-16(13-18(17)24-5)19(23)25-14-15-9-7-6-8-10-15;1-7(6-12)9-4-3-8(11(13)14)5-10(9)15-2;1-3-4(2)5/h6-13H,14H2,1-5H3;3-5,7,12H,6H2,1-2H3,(H,13,14);2-3H2,1H3. The van der Waals surface area contributed by atoms with E-state index in [1.54, 1.807) is 31.4 Å². The van der Waals surface area contributed by atoms with Gasteiger partial charge < -0.3 is 33.7 Å². The highest BCUT2D eigenvalue weighted by Gasteiger charge is 2.52. The number of carbonyl (C=O) groups is 2. The smallest absolute Gasteiger partial charge is 0.497 e. The van der Waals surface area contributed by atoms with Crippen molar-refractivity contribution in [3.63, 3.8) is 0 Å². The number of carboxylic acid groups (broad SMARTS) is 1. The van der Waals surface area contributed by atoms with Crippen LogP contribution in [0, 0.1) is 0 Å². The highest BCUT2D eigenvalue weighted by molar-refractivity contribution is 9.11. The molecule has 1 aliphatic rings. The van der Waals surface area contributed by atoms with Crippen LogP contribution in [0.3, 0.4) is 0 Å². The Hall–Kier alpha value is -3.64. The molecular weight excluding hydrogens is 667 g/mol. The van der Waals surface area contributed by atoms with Crippen LogP contribution in [0.1, 0.15) is 85.7 Å². The van der Waals surface area contributed by atoms with Crippen LogP contribution in [0.4, 0.5) is 0 Å². The van der Waals surface area contributed by atoms with Crippen LogP contribution >= 0.6 is 15.9 Å². The molecule has 1 unspecified atom stereocenters. The van der Waals surface area contributed by atoms with Crippen LogP contribution in [-0.4, -0.2) is 61.3 Å². The number of aromatic carboxylic acids is 1. The molecule has 254 valence electrons. The van der Waals surface area contributed by atoms with Gasteiger partial charge in [0.15, 0.2) is 0 Å². The van der Waals surface area contributed by atoms with Crippen molar-refractivity contribution in [1.82, 2.24) is 0 Å². The quantitative estimate of drug-likeness (QED) is 0.167. The predicted molar refractivity (Wildman–Crippen MR) is 188 cm³/mol. The summed E-state index contributed by atoms with van der Waals surface area (Å²) in [7, 11) is 2.48. The molecule has 0 radical (unpaired) electrons. The van der Waals surface area contributed by atoms with Crippen LogP contribution < -0.4 is 14.9 Å². The van der Waals surface area contributed by atoms with Crippen molar-refractivity contribution in [2.24, 2.45) is 0 Å². The topological polar surface area (TPSA) is 121 Å². The molecule has 0 amide bonds. The van der Waals surface area contributed by atoms with Gasteiger partial charge in [-0.15, -0.1) is 0 Å². The van der Waals surface area contributed by atoms with Gasteiger partial charge in [0.05, 0.1) is 36.5 Å². The normalized spacial score (nSPS) is 14.8. The number of hydrogen-bond donors (Lipinski definition) is 2. The van der Waals surface area contributed by atoms with Crippen LogP contribution in [0.2, 0.25) is 0 Å². The van der Waals surface area contributed by atoms with Gasteiger partial charge in [0.25, 0.3) is 0 Å². The summed E-state index contributed by atoms with van der Waals surface area (Å²) in [6.45, 7) is 15.7. The number of allylic oxidation sites excluding steroid dienone is 1. The summed E-state index contributed by atoms with van der Waals surface area (Å²) in [5, 5.41) is 17.8. The molecule has 0 aliphatic carbocycles. The Kier molecular flexibility index (Phi) is 15.2.